The molecule has 0 aliphatic heterocycles. The Balaban J connectivity index is 3.66. The predicted molar refractivity (Wildman–Crippen MR) is 56.6 cm³/mol. The summed E-state index contributed by atoms with van der Waals surface area (Å²) in [4.78, 5) is 11.2. The van der Waals surface area contributed by atoms with Gasteiger partial charge in [0.1, 0.15) is 0 Å². The van der Waals surface area contributed by atoms with E-state index in [0.717, 1.165) is 12.8 Å². The van der Waals surface area contributed by atoms with Gasteiger partial charge in [-0.2, -0.15) is 0 Å². The summed E-state index contributed by atoms with van der Waals surface area (Å²) in [5.41, 5.74) is 0.0432. The highest BCUT2D eigenvalue weighted by Gasteiger charge is 2.04. The number of hydrogen-bond donors (Lipinski definition) is 1. The van der Waals surface area contributed by atoms with Crippen molar-refractivity contribution >= 4 is 5.78 Å². The minimum atomic E-state index is 0.0432. The monoisotopic (exact) mass is 183 g/mol. The fraction of sp³-hybridized carbons (Fsp3) is 0.727. The van der Waals surface area contributed by atoms with Crippen molar-refractivity contribution in [3.05, 3.63) is 12.3 Å². The summed E-state index contributed by atoms with van der Waals surface area (Å²) in [7, 11) is 0. The van der Waals surface area contributed by atoms with Crippen molar-refractivity contribution in [3.63, 3.8) is 0 Å². The summed E-state index contributed by atoms with van der Waals surface area (Å²) in [6, 6.07) is 0. The van der Waals surface area contributed by atoms with E-state index in [0.29, 0.717) is 6.42 Å². The first kappa shape index (κ1) is 12.2. The van der Waals surface area contributed by atoms with E-state index in [1.807, 2.05) is 0 Å². The number of carbonyl (C=O) groups excluding carboxylic acids is 1. The lowest BCUT2D eigenvalue weighted by Crippen LogP contribution is -2.31. The Labute approximate surface area is 81.4 Å². The molecule has 2 nitrogen and oxygen atoms in total. The van der Waals surface area contributed by atoms with Crippen molar-refractivity contribution in [1.29, 1.82) is 0 Å². The SMILES string of the molecule is CCCCC(=O)/C=C\NC(C)(C)C. The van der Waals surface area contributed by atoms with Crippen molar-refractivity contribution in [2.45, 2.75) is 52.5 Å². The molecule has 0 saturated heterocycles. The zero-order chi connectivity index (χ0) is 10.3. The molecular formula is C11H21NO. The second kappa shape index (κ2) is 5.79. The van der Waals surface area contributed by atoms with E-state index in [4.69, 9.17) is 0 Å². The number of allylic oxidation sites excluding steroid dienone is 1. The lowest BCUT2D eigenvalue weighted by molar-refractivity contribution is -0.114. The Kier molecular flexibility index (Phi) is 5.44. The smallest absolute Gasteiger partial charge is 0.157 e. The zero-order valence-corrected chi connectivity index (χ0v) is 9.18. The molecule has 0 aliphatic rings. The van der Waals surface area contributed by atoms with Gasteiger partial charge in [0.15, 0.2) is 5.78 Å². The molecule has 0 bridgehead atoms. The van der Waals surface area contributed by atoms with Gasteiger partial charge in [0.2, 0.25) is 0 Å². The molecule has 0 aromatic heterocycles. The molecule has 1 N–H and O–H groups in total. The number of nitrogens with one attached hydrogen (secondary N) is 1. The number of ketones is 1. The van der Waals surface area contributed by atoms with Crippen molar-refractivity contribution < 1.29 is 4.79 Å². The minimum Gasteiger partial charge on any atom is -0.386 e. The van der Waals surface area contributed by atoms with Crippen LogP contribution in [0.25, 0.3) is 0 Å². The van der Waals surface area contributed by atoms with E-state index in [9.17, 15) is 4.79 Å². The standard InChI is InChI=1S/C11H21NO/c1-5-6-7-10(13)8-9-12-11(2,3)4/h8-9,12H,5-7H2,1-4H3/b9-8-. The molecule has 0 fully saturated rings. The number of rotatable bonds is 5. The molecule has 2 heteroatoms. The van der Waals surface area contributed by atoms with Gasteiger partial charge in [-0.25, -0.2) is 0 Å². The van der Waals surface area contributed by atoms with Crippen molar-refractivity contribution in [1.82, 2.24) is 5.32 Å². The number of carbonyl (C=O) groups is 1. The van der Waals surface area contributed by atoms with Gasteiger partial charge in [-0.1, -0.05) is 13.3 Å². The molecule has 0 spiro atoms. The van der Waals surface area contributed by atoms with Gasteiger partial charge in [0, 0.05) is 18.2 Å². The Morgan fingerprint density at radius 2 is 2.00 bits per heavy atom. The van der Waals surface area contributed by atoms with Crippen LogP contribution < -0.4 is 5.32 Å². The summed E-state index contributed by atoms with van der Waals surface area (Å²) in [5.74, 6) is 0.207. The highest BCUT2D eigenvalue weighted by Crippen LogP contribution is 1.99. The lowest BCUT2D eigenvalue weighted by atomic mass is 10.1. The Morgan fingerprint density at radius 3 is 2.46 bits per heavy atom. The number of unbranched alkanes of at least 4 members (excludes halogenated alkanes) is 1. The molecule has 0 amide bonds. The fourth-order valence-corrected chi connectivity index (χ4v) is 0.819. The predicted octanol–water partition coefficient (Wildman–Crippen LogP) is 2.65. The van der Waals surface area contributed by atoms with Crippen LogP contribution in [0.5, 0.6) is 0 Å². The van der Waals surface area contributed by atoms with Crippen LogP contribution in [0, 0.1) is 0 Å². The highest BCUT2D eigenvalue weighted by atomic mass is 16.1. The van der Waals surface area contributed by atoms with Gasteiger partial charge in [-0.3, -0.25) is 4.79 Å². The van der Waals surface area contributed by atoms with E-state index in [1.165, 1.54) is 0 Å². The van der Waals surface area contributed by atoms with Crippen LogP contribution in [-0.2, 0) is 4.79 Å². The van der Waals surface area contributed by atoms with Crippen molar-refractivity contribution in [2.24, 2.45) is 0 Å². The van der Waals surface area contributed by atoms with Crippen LogP contribution in [0.4, 0.5) is 0 Å². The van der Waals surface area contributed by atoms with Gasteiger partial charge in [-0.15, -0.1) is 0 Å². The first-order valence-corrected chi connectivity index (χ1v) is 4.93. The second-order valence-electron chi connectivity index (χ2n) is 4.30. The third-order valence-corrected chi connectivity index (χ3v) is 1.56. The normalized spacial score (nSPS) is 12.0. The zero-order valence-electron chi connectivity index (χ0n) is 9.18. The maximum absolute atomic E-state index is 11.2. The average Bonchev–Trinajstić information content (AvgIpc) is 1.98. The summed E-state index contributed by atoms with van der Waals surface area (Å²) < 4.78 is 0. The molecular weight excluding hydrogens is 162 g/mol. The second-order valence-corrected chi connectivity index (χ2v) is 4.30. The van der Waals surface area contributed by atoms with Crippen LogP contribution in [0.2, 0.25) is 0 Å². The van der Waals surface area contributed by atoms with E-state index in [2.05, 4.69) is 33.0 Å². The molecule has 13 heavy (non-hydrogen) atoms. The lowest BCUT2D eigenvalue weighted by Gasteiger charge is -2.18. The topological polar surface area (TPSA) is 29.1 Å². The van der Waals surface area contributed by atoms with E-state index < -0.39 is 0 Å². The van der Waals surface area contributed by atoms with Crippen LogP contribution in [0.3, 0.4) is 0 Å². The first-order chi connectivity index (χ1) is 5.95. The molecule has 76 valence electrons. The summed E-state index contributed by atoms with van der Waals surface area (Å²) >= 11 is 0. The van der Waals surface area contributed by atoms with Crippen LogP contribution in [0.1, 0.15) is 47.0 Å². The maximum atomic E-state index is 11.2. The molecule has 0 rings (SSSR count). The molecule has 0 unspecified atom stereocenters. The Morgan fingerprint density at radius 1 is 1.38 bits per heavy atom. The van der Waals surface area contributed by atoms with Gasteiger partial charge in [-0.05, 0) is 33.3 Å². The summed E-state index contributed by atoms with van der Waals surface area (Å²) in [6.07, 6.45) is 6.10. The molecule has 0 aromatic carbocycles. The number of hydrogen-bond acceptors (Lipinski definition) is 2. The molecule has 0 atom stereocenters. The van der Waals surface area contributed by atoms with Crippen molar-refractivity contribution in [3.8, 4) is 0 Å². The average molecular weight is 183 g/mol. The summed E-state index contributed by atoms with van der Waals surface area (Å²) in [5, 5.41) is 3.13. The third kappa shape index (κ3) is 9.12. The fourth-order valence-electron chi connectivity index (χ4n) is 0.819. The Bertz CT molecular complexity index is 177. The van der Waals surface area contributed by atoms with Gasteiger partial charge in [0.05, 0.1) is 0 Å². The summed E-state index contributed by atoms with van der Waals surface area (Å²) in [6.45, 7) is 8.28. The first-order valence-electron chi connectivity index (χ1n) is 4.93. The van der Waals surface area contributed by atoms with E-state index in [1.54, 1.807) is 12.3 Å². The molecule has 0 aliphatic carbocycles. The molecule has 0 heterocycles. The van der Waals surface area contributed by atoms with Gasteiger partial charge >= 0.3 is 0 Å². The van der Waals surface area contributed by atoms with Crippen LogP contribution in [0.15, 0.2) is 12.3 Å². The minimum absolute atomic E-state index is 0.0432. The van der Waals surface area contributed by atoms with Gasteiger partial charge < -0.3 is 5.32 Å². The largest absolute Gasteiger partial charge is 0.386 e. The van der Waals surface area contributed by atoms with Crippen LogP contribution >= 0.6 is 0 Å². The quantitative estimate of drug-likeness (QED) is 0.664. The maximum Gasteiger partial charge on any atom is 0.157 e. The highest BCUT2D eigenvalue weighted by molar-refractivity contribution is 5.89. The third-order valence-electron chi connectivity index (χ3n) is 1.56. The van der Waals surface area contributed by atoms with E-state index >= 15 is 0 Å². The van der Waals surface area contributed by atoms with E-state index in [-0.39, 0.29) is 11.3 Å². The molecule has 0 aromatic rings. The van der Waals surface area contributed by atoms with Gasteiger partial charge in [0.25, 0.3) is 0 Å². The molecule has 0 radical (unpaired) electrons. The Hall–Kier alpha value is -0.790. The molecule has 0 saturated carbocycles. The van der Waals surface area contributed by atoms with Crippen molar-refractivity contribution in [2.75, 3.05) is 0 Å². The van der Waals surface area contributed by atoms with Crippen LogP contribution in [-0.4, -0.2) is 11.3 Å².